The van der Waals surface area contributed by atoms with Crippen molar-refractivity contribution in [3.8, 4) is 0 Å². The highest BCUT2D eigenvalue weighted by Crippen LogP contribution is 2.30. The molecule has 0 saturated carbocycles. The van der Waals surface area contributed by atoms with Crippen LogP contribution in [0.15, 0.2) is 24.3 Å². The number of thiocarbonyl (C=S) groups is 1. The van der Waals surface area contributed by atoms with Crippen LogP contribution in [0.1, 0.15) is 25.3 Å². The second-order valence-electron chi connectivity index (χ2n) is 5.25. The molecule has 1 saturated heterocycles. The topological polar surface area (TPSA) is 49.4 Å². The summed E-state index contributed by atoms with van der Waals surface area (Å²) in [6, 6.07) is 4.45. The third kappa shape index (κ3) is 4.70. The quantitative estimate of drug-likeness (QED) is 0.797. The molecule has 0 aromatic heterocycles. The summed E-state index contributed by atoms with van der Waals surface area (Å²) in [5.74, 6) is -0.490. The molecule has 2 amide bonds. The normalized spacial score (nSPS) is 18.2. The molecule has 0 bridgehead atoms. The second kappa shape index (κ2) is 7.52. The number of thioether (sulfide) groups is 1. The number of anilines is 1. The summed E-state index contributed by atoms with van der Waals surface area (Å²) in [5, 5.41) is 2.22. The Labute approximate surface area is 146 Å². The summed E-state index contributed by atoms with van der Waals surface area (Å²) in [4.78, 5) is 25.1. The Balaban J connectivity index is 1.84. The van der Waals surface area contributed by atoms with Gasteiger partial charge < -0.3 is 5.32 Å². The molecule has 1 N–H and O–H groups in total. The van der Waals surface area contributed by atoms with Gasteiger partial charge in [-0.05, 0) is 31.5 Å². The van der Waals surface area contributed by atoms with Gasteiger partial charge in [0, 0.05) is 18.7 Å². The van der Waals surface area contributed by atoms with E-state index in [9.17, 15) is 22.8 Å². The molecule has 1 unspecified atom stereocenters. The first-order chi connectivity index (χ1) is 11.2. The minimum atomic E-state index is -4.46. The number of nitrogens with zero attached hydrogens (tertiary/aromatic N) is 1. The van der Waals surface area contributed by atoms with E-state index in [-0.39, 0.29) is 23.3 Å². The standard InChI is InChI=1S/C15H15F3N2O2S2/c1-9-13(22)20(14(23)24-9)7-3-6-12(21)19-11-5-2-4-10(8-11)15(16,17)18/h2,4-5,8-9H,3,6-7H2,1H3,(H,19,21). The van der Waals surface area contributed by atoms with E-state index < -0.39 is 17.6 Å². The Bertz CT molecular complexity index is 664. The zero-order valence-corrected chi connectivity index (χ0v) is 14.4. The van der Waals surface area contributed by atoms with Crippen molar-refractivity contribution < 1.29 is 22.8 Å². The molecule has 0 aliphatic carbocycles. The maximum absolute atomic E-state index is 12.6. The number of hydrogen-bond donors (Lipinski definition) is 1. The predicted octanol–water partition coefficient (Wildman–Crippen LogP) is 3.67. The van der Waals surface area contributed by atoms with Crippen LogP contribution in [0.4, 0.5) is 18.9 Å². The van der Waals surface area contributed by atoms with Crippen LogP contribution in [-0.2, 0) is 15.8 Å². The van der Waals surface area contributed by atoms with Gasteiger partial charge in [-0.15, -0.1) is 0 Å². The van der Waals surface area contributed by atoms with Crippen molar-refractivity contribution in [2.75, 3.05) is 11.9 Å². The van der Waals surface area contributed by atoms with Crippen molar-refractivity contribution in [3.63, 3.8) is 0 Å². The van der Waals surface area contributed by atoms with Crippen LogP contribution >= 0.6 is 24.0 Å². The molecule has 24 heavy (non-hydrogen) atoms. The van der Waals surface area contributed by atoms with Gasteiger partial charge in [0.15, 0.2) is 0 Å². The van der Waals surface area contributed by atoms with E-state index in [1.54, 1.807) is 6.92 Å². The molecule has 0 radical (unpaired) electrons. The minimum absolute atomic E-state index is 0.0803. The lowest BCUT2D eigenvalue weighted by Gasteiger charge is -2.15. The van der Waals surface area contributed by atoms with Gasteiger partial charge in [-0.1, -0.05) is 30.0 Å². The number of halogens is 3. The zero-order valence-electron chi connectivity index (χ0n) is 12.7. The van der Waals surface area contributed by atoms with Crippen molar-refractivity contribution >= 4 is 45.8 Å². The Hall–Kier alpha value is -1.61. The molecule has 1 aromatic rings. The van der Waals surface area contributed by atoms with Crippen molar-refractivity contribution in [2.45, 2.75) is 31.2 Å². The first-order valence-corrected chi connectivity index (χ1v) is 8.46. The molecule has 1 heterocycles. The SMILES string of the molecule is CC1SC(=S)N(CCCC(=O)Nc2cccc(C(F)(F)F)c2)C1=O. The fourth-order valence-corrected chi connectivity index (χ4v) is 3.62. The highest BCUT2D eigenvalue weighted by molar-refractivity contribution is 8.24. The van der Waals surface area contributed by atoms with E-state index in [1.165, 1.54) is 28.8 Å². The van der Waals surface area contributed by atoms with Gasteiger partial charge in [0.1, 0.15) is 4.32 Å². The van der Waals surface area contributed by atoms with Gasteiger partial charge in [0.25, 0.3) is 0 Å². The lowest BCUT2D eigenvalue weighted by atomic mass is 10.2. The molecule has 9 heteroatoms. The summed E-state index contributed by atoms with van der Waals surface area (Å²) < 4.78 is 38.4. The lowest BCUT2D eigenvalue weighted by Crippen LogP contribution is -2.32. The zero-order chi connectivity index (χ0) is 17.9. The molecule has 1 fully saturated rings. The van der Waals surface area contributed by atoms with Crippen LogP contribution in [0.25, 0.3) is 0 Å². The average molecular weight is 376 g/mol. The summed E-state index contributed by atoms with van der Waals surface area (Å²) in [5.41, 5.74) is -0.730. The van der Waals surface area contributed by atoms with Crippen LogP contribution in [0.5, 0.6) is 0 Å². The van der Waals surface area contributed by atoms with Crippen molar-refractivity contribution in [1.82, 2.24) is 4.90 Å². The molecular weight excluding hydrogens is 361 g/mol. The molecule has 1 atom stereocenters. The first-order valence-electron chi connectivity index (χ1n) is 7.17. The van der Waals surface area contributed by atoms with Crippen LogP contribution < -0.4 is 5.32 Å². The van der Waals surface area contributed by atoms with Crippen molar-refractivity contribution in [1.29, 1.82) is 0 Å². The van der Waals surface area contributed by atoms with Gasteiger partial charge in [0.05, 0.1) is 10.8 Å². The van der Waals surface area contributed by atoms with Crippen LogP contribution in [-0.4, -0.2) is 32.8 Å². The smallest absolute Gasteiger partial charge is 0.326 e. The fourth-order valence-electron chi connectivity index (χ4n) is 2.17. The van der Waals surface area contributed by atoms with E-state index in [1.807, 2.05) is 0 Å². The largest absolute Gasteiger partial charge is 0.416 e. The molecule has 4 nitrogen and oxygen atoms in total. The van der Waals surface area contributed by atoms with Gasteiger partial charge in [-0.3, -0.25) is 14.5 Å². The third-order valence-electron chi connectivity index (χ3n) is 3.37. The maximum atomic E-state index is 12.6. The number of carbonyl (C=O) groups is 2. The van der Waals surface area contributed by atoms with Crippen molar-refractivity contribution in [2.24, 2.45) is 0 Å². The number of carbonyl (C=O) groups excluding carboxylic acids is 2. The van der Waals surface area contributed by atoms with Gasteiger partial charge in [-0.2, -0.15) is 13.2 Å². The molecule has 1 aliphatic rings. The Kier molecular flexibility index (Phi) is 5.87. The Morgan fingerprint density at radius 1 is 1.42 bits per heavy atom. The predicted molar refractivity (Wildman–Crippen MR) is 90.7 cm³/mol. The number of alkyl halides is 3. The second-order valence-corrected chi connectivity index (χ2v) is 7.22. The molecule has 1 aromatic carbocycles. The third-order valence-corrected chi connectivity index (χ3v) is 4.86. The highest BCUT2D eigenvalue weighted by atomic mass is 32.2. The fraction of sp³-hybridized carbons (Fsp3) is 0.400. The van der Waals surface area contributed by atoms with Crippen LogP contribution in [0.3, 0.4) is 0 Å². The van der Waals surface area contributed by atoms with E-state index in [0.717, 1.165) is 12.1 Å². The minimum Gasteiger partial charge on any atom is -0.326 e. The summed E-state index contributed by atoms with van der Waals surface area (Å²) in [6.07, 6.45) is -3.99. The van der Waals surface area contributed by atoms with E-state index in [4.69, 9.17) is 12.2 Å². The summed E-state index contributed by atoms with van der Waals surface area (Å²) in [7, 11) is 0. The molecular formula is C15H15F3N2O2S2. The molecule has 130 valence electrons. The summed E-state index contributed by atoms with van der Waals surface area (Å²) >= 11 is 6.39. The summed E-state index contributed by atoms with van der Waals surface area (Å²) in [6.45, 7) is 2.09. The Morgan fingerprint density at radius 3 is 2.71 bits per heavy atom. The average Bonchev–Trinajstić information content (AvgIpc) is 2.73. The number of nitrogens with one attached hydrogen (secondary N) is 1. The van der Waals surface area contributed by atoms with E-state index >= 15 is 0 Å². The van der Waals surface area contributed by atoms with E-state index in [2.05, 4.69) is 5.32 Å². The van der Waals surface area contributed by atoms with Gasteiger partial charge in [-0.25, -0.2) is 0 Å². The Morgan fingerprint density at radius 2 is 2.12 bits per heavy atom. The molecule has 0 spiro atoms. The molecule has 1 aliphatic heterocycles. The highest BCUT2D eigenvalue weighted by Gasteiger charge is 2.33. The number of hydrogen-bond acceptors (Lipinski definition) is 4. The number of benzene rings is 1. The van der Waals surface area contributed by atoms with Gasteiger partial charge >= 0.3 is 6.18 Å². The maximum Gasteiger partial charge on any atom is 0.416 e. The monoisotopic (exact) mass is 376 g/mol. The first kappa shape index (κ1) is 18.7. The van der Waals surface area contributed by atoms with Crippen LogP contribution in [0, 0.1) is 0 Å². The number of amides is 2. The van der Waals surface area contributed by atoms with E-state index in [0.29, 0.717) is 17.3 Å². The van der Waals surface area contributed by atoms with Gasteiger partial charge in [0.2, 0.25) is 11.8 Å². The molecule has 2 rings (SSSR count). The number of rotatable bonds is 5. The van der Waals surface area contributed by atoms with Crippen molar-refractivity contribution in [3.05, 3.63) is 29.8 Å². The lowest BCUT2D eigenvalue weighted by molar-refractivity contribution is -0.137. The van der Waals surface area contributed by atoms with Crippen LogP contribution in [0.2, 0.25) is 0 Å².